The second kappa shape index (κ2) is 7.29. The van der Waals surface area contributed by atoms with Gasteiger partial charge in [0.15, 0.2) is 0 Å². The van der Waals surface area contributed by atoms with Crippen LogP contribution < -0.4 is 11.1 Å². The number of carbonyl (C=O) groups excluding carboxylic acids is 1. The van der Waals surface area contributed by atoms with Crippen LogP contribution in [0.4, 0.5) is 11.4 Å². The molecule has 1 aliphatic heterocycles. The summed E-state index contributed by atoms with van der Waals surface area (Å²) in [7, 11) is 0. The third kappa shape index (κ3) is 4.53. The summed E-state index contributed by atoms with van der Waals surface area (Å²) in [4.78, 5) is 14.3. The zero-order chi connectivity index (χ0) is 14.4. The molecule has 1 aromatic rings. The zero-order valence-corrected chi connectivity index (χ0v) is 12.3. The van der Waals surface area contributed by atoms with Gasteiger partial charge in [0.2, 0.25) is 5.91 Å². The van der Waals surface area contributed by atoms with Gasteiger partial charge in [-0.25, -0.2) is 0 Å². The van der Waals surface area contributed by atoms with Crippen molar-refractivity contribution < 1.29 is 4.79 Å². The number of nitrogens with zero attached hydrogens (tertiary/aromatic N) is 1. The average Bonchev–Trinajstić information content (AvgIpc) is 2.44. The number of anilines is 2. The van der Waals surface area contributed by atoms with E-state index in [9.17, 15) is 4.79 Å². The molecule has 0 bridgehead atoms. The Morgan fingerprint density at radius 1 is 1.35 bits per heavy atom. The quantitative estimate of drug-likeness (QED) is 0.812. The van der Waals surface area contributed by atoms with Crippen LogP contribution in [-0.2, 0) is 4.79 Å². The third-order valence-electron chi connectivity index (χ3n) is 3.99. The first kappa shape index (κ1) is 14.9. The van der Waals surface area contributed by atoms with Crippen LogP contribution in [0.15, 0.2) is 24.3 Å². The molecule has 0 spiro atoms. The summed E-state index contributed by atoms with van der Waals surface area (Å²) in [6.07, 6.45) is 4.03. The number of amides is 1. The molecule has 1 fully saturated rings. The number of carbonyl (C=O) groups is 1. The highest BCUT2D eigenvalue weighted by molar-refractivity contribution is 5.93. The topological polar surface area (TPSA) is 58.4 Å². The van der Waals surface area contributed by atoms with Crippen molar-refractivity contribution in [2.24, 2.45) is 5.92 Å². The molecule has 4 nitrogen and oxygen atoms in total. The standard InChI is InChI=1S/C16H25N3O/c1-13-8-11-19(12-9-13)10-4-7-16(20)18-15-6-3-2-5-14(15)17/h2-3,5-6,13H,4,7-12,17H2,1H3,(H,18,20). The van der Waals surface area contributed by atoms with Crippen LogP contribution in [0.25, 0.3) is 0 Å². The lowest BCUT2D eigenvalue weighted by atomic mass is 9.99. The molecule has 1 amide bonds. The van der Waals surface area contributed by atoms with Crippen LogP contribution in [-0.4, -0.2) is 30.4 Å². The molecule has 1 aromatic carbocycles. The van der Waals surface area contributed by atoms with Crippen molar-refractivity contribution in [2.45, 2.75) is 32.6 Å². The molecule has 1 heterocycles. The Balaban J connectivity index is 1.67. The molecule has 1 aliphatic rings. The van der Waals surface area contributed by atoms with E-state index < -0.39 is 0 Å². The van der Waals surface area contributed by atoms with Gasteiger partial charge in [-0.3, -0.25) is 4.79 Å². The fourth-order valence-electron chi connectivity index (χ4n) is 2.57. The minimum atomic E-state index is 0.0493. The predicted molar refractivity (Wildman–Crippen MR) is 83.6 cm³/mol. The predicted octanol–water partition coefficient (Wildman–Crippen LogP) is 2.72. The molecule has 3 N–H and O–H groups in total. The monoisotopic (exact) mass is 275 g/mol. The van der Waals surface area contributed by atoms with Crippen LogP contribution >= 0.6 is 0 Å². The van der Waals surface area contributed by atoms with Gasteiger partial charge in [0.25, 0.3) is 0 Å². The minimum Gasteiger partial charge on any atom is -0.397 e. The third-order valence-corrected chi connectivity index (χ3v) is 3.99. The smallest absolute Gasteiger partial charge is 0.224 e. The molecular formula is C16H25N3O. The Bertz CT molecular complexity index is 439. The summed E-state index contributed by atoms with van der Waals surface area (Å²) in [5.41, 5.74) is 7.13. The van der Waals surface area contributed by atoms with Crippen molar-refractivity contribution in [1.29, 1.82) is 0 Å². The Morgan fingerprint density at radius 2 is 2.05 bits per heavy atom. The van der Waals surface area contributed by atoms with E-state index in [1.807, 2.05) is 18.2 Å². The fourth-order valence-corrected chi connectivity index (χ4v) is 2.57. The largest absolute Gasteiger partial charge is 0.397 e. The second-order valence-corrected chi connectivity index (χ2v) is 5.76. The highest BCUT2D eigenvalue weighted by Gasteiger charge is 2.15. The number of nitrogens with two attached hydrogens (primary N) is 1. The lowest BCUT2D eigenvalue weighted by Crippen LogP contribution is -2.33. The molecule has 110 valence electrons. The number of likely N-dealkylation sites (tertiary alicyclic amines) is 1. The molecule has 2 rings (SSSR count). The van der Waals surface area contributed by atoms with Crippen molar-refractivity contribution in [3.63, 3.8) is 0 Å². The summed E-state index contributed by atoms with van der Waals surface area (Å²) >= 11 is 0. The van der Waals surface area contributed by atoms with Crippen LogP contribution in [0.2, 0.25) is 0 Å². The number of piperidine rings is 1. The van der Waals surface area contributed by atoms with Crippen molar-refractivity contribution >= 4 is 17.3 Å². The number of nitrogen functional groups attached to an aromatic ring is 1. The molecule has 20 heavy (non-hydrogen) atoms. The van der Waals surface area contributed by atoms with E-state index in [-0.39, 0.29) is 5.91 Å². The summed E-state index contributed by atoms with van der Waals surface area (Å²) in [5, 5.41) is 2.87. The van der Waals surface area contributed by atoms with Crippen molar-refractivity contribution in [2.75, 3.05) is 30.7 Å². The van der Waals surface area contributed by atoms with E-state index in [4.69, 9.17) is 5.73 Å². The normalized spacial score (nSPS) is 17.1. The van der Waals surface area contributed by atoms with Gasteiger partial charge >= 0.3 is 0 Å². The Labute approximate surface area is 121 Å². The van der Waals surface area contributed by atoms with Gasteiger partial charge in [-0.2, -0.15) is 0 Å². The number of para-hydroxylation sites is 2. The van der Waals surface area contributed by atoms with E-state index in [0.29, 0.717) is 17.8 Å². The van der Waals surface area contributed by atoms with Gasteiger partial charge in [0.1, 0.15) is 0 Å². The first-order valence-corrected chi connectivity index (χ1v) is 7.52. The van der Waals surface area contributed by atoms with Crippen molar-refractivity contribution in [3.8, 4) is 0 Å². The van der Waals surface area contributed by atoms with Gasteiger partial charge in [0, 0.05) is 6.42 Å². The van der Waals surface area contributed by atoms with E-state index in [0.717, 1.165) is 18.9 Å². The van der Waals surface area contributed by atoms with Crippen LogP contribution in [0.5, 0.6) is 0 Å². The lowest BCUT2D eigenvalue weighted by Gasteiger charge is -2.29. The highest BCUT2D eigenvalue weighted by atomic mass is 16.1. The zero-order valence-electron chi connectivity index (χ0n) is 12.3. The number of nitrogens with one attached hydrogen (secondary N) is 1. The van der Waals surface area contributed by atoms with Gasteiger partial charge < -0.3 is 16.0 Å². The number of benzene rings is 1. The van der Waals surface area contributed by atoms with E-state index >= 15 is 0 Å². The number of hydrogen-bond donors (Lipinski definition) is 2. The van der Waals surface area contributed by atoms with Crippen LogP contribution in [0.1, 0.15) is 32.6 Å². The van der Waals surface area contributed by atoms with Gasteiger partial charge in [-0.1, -0.05) is 19.1 Å². The molecule has 0 atom stereocenters. The average molecular weight is 275 g/mol. The molecular weight excluding hydrogens is 250 g/mol. The van der Waals surface area contributed by atoms with E-state index in [1.165, 1.54) is 25.9 Å². The maximum atomic E-state index is 11.9. The minimum absolute atomic E-state index is 0.0493. The van der Waals surface area contributed by atoms with Gasteiger partial charge in [-0.15, -0.1) is 0 Å². The molecule has 4 heteroatoms. The van der Waals surface area contributed by atoms with E-state index in [2.05, 4.69) is 17.1 Å². The lowest BCUT2D eigenvalue weighted by molar-refractivity contribution is -0.116. The molecule has 0 aromatic heterocycles. The highest BCUT2D eigenvalue weighted by Crippen LogP contribution is 2.18. The van der Waals surface area contributed by atoms with Crippen LogP contribution in [0.3, 0.4) is 0 Å². The maximum absolute atomic E-state index is 11.9. The molecule has 0 radical (unpaired) electrons. The van der Waals surface area contributed by atoms with E-state index in [1.54, 1.807) is 6.07 Å². The molecule has 0 unspecified atom stereocenters. The summed E-state index contributed by atoms with van der Waals surface area (Å²) < 4.78 is 0. The van der Waals surface area contributed by atoms with Crippen molar-refractivity contribution in [1.82, 2.24) is 4.90 Å². The summed E-state index contributed by atoms with van der Waals surface area (Å²) in [6.45, 7) is 5.68. The number of rotatable bonds is 5. The Kier molecular flexibility index (Phi) is 5.41. The van der Waals surface area contributed by atoms with Crippen molar-refractivity contribution in [3.05, 3.63) is 24.3 Å². The fraction of sp³-hybridized carbons (Fsp3) is 0.562. The second-order valence-electron chi connectivity index (χ2n) is 5.76. The number of hydrogen-bond acceptors (Lipinski definition) is 3. The molecule has 0 saturated carbocycles. The first-order chi connectivity index (χ1) is 9.65. The maximum Gasteiger partial charge on any atom is 0.224 e. The van der Waals surface area contributed by atoms with Crippen LogP contribution in [0, 0.1) is 5.92 Å². The Hall–Kier alpha value is -1.55. The first-order valence-electron chi connectivity index (χ1n) is 7.52. The molecule has 0 aliphatic carbocycles. The summed E-state index contributed by atoms with van der Waals surface area (Å²) in [5.74, 6) is 0.906. The SMILES string of the molecule is CC1CCN(CCCC(=O)Nc2ccccc2N)CC1. The molecule has 1 saturated heterocycles. The van der Waals surface area contributed by atoms with Gasteiger partial charge in [0.05, 0.1) is 11.4 Å². The van der Waals surface area contributed by atoms with Gasteiger partial charge in [-0.05, 0) is 56.9 Å². The summed E-state index contributed by atoms with van der Waals surface area (Å²) in [6, 6.07) is 7.37. The Morgan fingerprint density at radius 3 is 2.75 bits per heavy atom.